The molecule has 6 heteroatoms. The fourth-order valence-corrected chi connectivity index (χ4v) is 4.22. The van der Waals surface area contributed by atoms with Crippen molar-refractivity contribution in [2.45, 2.75) is 51.7 Å². The molecule has 0 atom stereocenters. The van der Waals surface area contributed by atoms with Crippen LogP contribution in [0.5, 0.6) is 0 Å². The number of H-pyrrole nitrogens is 1. The second-order valence-corrected chi connectivity index (χ2v) is 7.91. The molecule has 1 fully saturated rings. The third-order valence-electron chi connectivity index (χ3n) is 5.44. The molecule has 1 saturated carbocycles. The first-order chi connectivity index (χ1) is 13.6. The van der Waals surface area contributed by atoms with E-state index in [-0.39, 0.29) is 5.56 Å². The second kappa shape index (κ2) is 8.19. The van der Waals surface area contributed by atoms with Crippen molar-refractivity contribution in [3.63, 3.8) is 0 Å². The Hall–Kier alpha value is -2.60. The monoisotopic (exact) mass is 395 g/mol. The fraction of sp³-hybridized carbons (Fsp3) is 0.364. The van der Waals surface area contributed by atoms with E-state index in [1.807, 2.05) is 30.3 Å². The van der Waals surface area contributed by atoms with Gasteiger partial charge in [-0.1, -0.05) is 24.5 Å². The predicted octanol–water partition coefficient (Wildman–Crippen LogP) is 4.25. The molecule has 146 valence electrons. The molecule has 0 radical (unpaired) electrons. The predicted molar refractivity (Wildman–Crippen MR) is 115 cm³/mol. The standard InChI is InChI=1S/C22H25N3O2S/c1-15-8-9-20-16(11-15)12-17(21(26)24-20)14-25(18-5-2-3-6-18)22(28)23-13-19-7-4-10-27-19/h4,7-12,18H,2-3,5-6,13-14H2,1H3,(H,23,28)(H,24,26). The van der Waals surface area contributed by atoms with Gasteiger partial charge < -0.3 is 19.6 Å². The van der Waals surface area contributed by atoms with E-state index >= 15 is 0 Å². The highest BCUT2D eigenvalue weighted by molar-refractivity contribution is 7.80. The largest absolute Gasteiger partial charge is 0.467 e. The molecule has 1 aliphatic carbocycles. The minimum atomic E-state index is -0.0480. The zero-order chi connectivity index (χ0) is 19.5. The van der Waals surface area contributed by atoms with Gasteiger partial charge in [0.15, 0.2) is 5.11 Å². The van der Waals surface area contributed by atoms with E-state index in [9.17, 15) is 4.79 Å². The zero-order valence-electron chi connectivity index (χ0n) is 16.0. The Bertz CT molecular complexity index is 1020. The van der Waals surface area contributed by atoms with Crippen molar-refractivity contribution in [2.24, 2.45) is 0 Å². The van der Waals surface area contributed by atoms with Crippen LogP contribution >= 0.6 is 12.2 Å². The number of furan rings is 1. The summed E-state index contributed by atoms with van der Waals surface area (Å²) in [6.07, 6.45) is 6.27. The molecule has 0 unspecified atom stereocenters. The molecule has 0 bridgehead atoms. The number of aryl methyl sites for hydroxylation is 1. The summed E-state index contributed by atoms with van der Waals surface area (Å²) in [7, 11) is 0. The van der Waals surface area contributed by atoms with Crippen molar-refractivity contribution in [1.29, 1.82) is 0 Å². The molecule has 3 aromatic rings. The second-order valence-electron chi connectivity index (χ2n) is 7.52. The van der Waals surface area contributed by atoms with Crippen molar-refractivity contribution in [1.82, 2.24) is 15.2 Å². The number of hydrogen-bond acceptors (Lipinski definition) is 3. The molecule has 2 heterocycles. The van der Waals surface area contributed by atoms with Gasteiger partial charge in [-0.2, -0.15) is 0 Å². The highest BCUT2D eigenvalue weighted by atomic mass is 32.1. The summed E-state index contributed by atoms with van der Waals surface area (Å²) in [5, 5.41) is 5.02. The van der Waals surface area contributed by atoms with Gasteiger partial charge in [0.25, 0.3) is 5.56 Å². The van der Waals surface area contributed by atoms with Gasteiger partial charge in [0.1, 0.15) is 5.76 Å². The molecule has 1 aromatic carbocycles. The van der Waals surface area contributed by atoms with E-state index in [2.05, 4.69) is 28.2 Å². The van der Waals surface area contributed by atoms with Crippen molar-refractivity contribution in [2.75, 3.05) is 0 Å². The molecular weight excluding hydrogens is 370 g/mol. The van der Waals surface area contributed by atoms with Gasteiger partial charge in [0, 0.05) is 17.1 Å². The molecule has 0 spiro atoms. The number of thiocarbonyl (C=S) groups is 1. The Kier molecular flexibility index (Phi) is 5.48. The van der Waals surface area contributed by atoms with Gasteiger partial charge in [-0.15, -0.1) is 0 Å². The molecule has 4 rings (SSSR count). The van der Waals surface area contributed by atoms with E-state index in [1.54, 1.807) is 6.26 Å². The van der Waals surface area contributed by atoms with Gasteiger partial charge in [-0.05, 0) is 67.7 Å². The van der Waals surface area contributed by atoms with Crippen LogP contribution in [0.15, 0.2) is 51.9 Å². The van der Waals surface area contributed by atoms with Crippen molar-refractivity contribution < 1.29 is 4.42 Å². The van der Waals surface area contributed by atoms with Crippen LogP contribution in [0.4, 0.5) is 0 Å². The number of aromatic amines is 1. The number of fused-ring (bicyclic) bond motifs is 1. The minimum Gasteiger partial charge on any atom is -0.467 e. The van der Waals surface area contributed by atoms with E-state index in [1.165, 1.54) is 18.4 Å². The molecule has 0 saturated heterocycles. The third-order valence-corrected chi connectivity index (χ3v) is 5.82. The van der Waals surface area contributed by atoms with Gasteiger partial charge >= 0.3 is 0 Å². The van der Waals surface area contributed by atoms with Gasteiger partial charge in [-0.3, -0.25) is 4.79 Å². The molecular formula is C22H25N3O2S. The topological polar surface area (TPSA) is 61.3 Å². The van der Waals surface area contributed by atoms with Crippen LogP contribution in [0.25, 0.3) is 10.9 Å². The number of nitrogens with one attached hydrogen (secondary N) is 2. The Balaban J connectivity index is 1.58. The number of hydrogen-bond donors (Lipinski definition) is 2. The lowest BCUT2D eigenvalue weighted by atomic mass is 10.1. The maximum atomic E-state index is 12.7. The van der Waals surface area contributed by atoms with Crippen molar-refractivity contribution in [3.05, 3.63) is 69.9 Å². The Morgan fingerprint density at radius 3 is 2.86 bits per heavy atom. The van der Waals surface area contributed by atoms with Crippen LogP contribution in [0.2, 0.25) is 0 Å². The maximum Gasteiger partial charge on any atom is 0.253 e. The average Bonchev–Trinajstić information content (AvgIpc) is 3.38. The van der Waals surface area contributed by atoms with Gasteiger partial charge in [-0.25, -0.2) is 0 Å². The number of benzene rings is 1. The van der Waals surface area contributed by atoms with Crippen LogP contribution < -0.4 is 10.9 Å². The quantitative estimate of drug-likeness (QED) is 0.633. The number of rotatable bonds is 5. The summed E-state index contributed by atoms with van der Waals surface area (Å²) < 4.78 is 5.39. The van der Waals surface area contributed by atoms with Crippen molar-refractivity contribution >= 4 is 28.2 Å². The van der Waals surface area contributed by atoms with Crippen LogP contribution in [-0.2, 0) is 13.1 Å². The molecule has 2 aromatic heterocycles. The van der Waals surface area contributed by atoms with E-state index in [0.29, 0.717) is 24.2 Å². The third kappa shape index (κ3) is 4.12. The lowest BCUT2D eigenvalue weighted by Crippen LogP contribution is -2.45. The SMILES string of the molecule is Cc1ccc2[nH]c(=O)c(CN(C(=S)NCc3ccco3)C3CCCC3)cc2c1. The van der Waals surface area contributed by atoms with Crippen molar-refractivity contribution in [3.8, 4) is 0 Å². The van der Waals surface area contributed by atoms with E-state index < -0.39 is 0 Å². The number of aromatic nitrogens is 1. The van der Waals surface area contributed by atoms with Crippen LogP contribution in [0, 0.1) is 6.92 Å². The Morgan fingerprint density at radius 1 is 1.29 bits per heavy atom. The van der Waals surface area contributed by atoms with Crippen LogP contribution in [0.1, 0.15) is 42.6 Å². The maximum absolute atomic E-state index is 12.7. The molecule has 0 amide bonds. The highest BCUT2D eigenvalue weighted by Crippen LogP contribution is 2.25. The number of nitrogens with zero attached hydrogens (tertiary/aromatic N) is 1. The summed E-state index contributed by atoms with van der Waals surface area (Å²) >= 11 is 5.71. The summed E-state index contributed by atoms with van der Waals surface area (Å²) in [6, 6.07) is 12.2. The summed E-state index contributed by atoms with van der Waals surface area (Å²) in [4.78, 5) is 17.9. The highest BCUT2D eigenvalue weighted by Gasteiger charge is 2.25. The summed E-state index contributed by atoms with van der Waals surface area (Å²) in [6.45, 7) is 3.11. The number of pyridine rings is 1. The fourth-order valence-electron chi connectivity index (χ4n) is 3.93. The minimum absolute atomic E-state index is 0.0480. The molecule has 1 aliphatic rings. The molecule has 28 heavy (non-hydrogen) atoms. The van der Waals surface area contributed by atoms with Gasteiger partial charge in [0.2, 0.25) is 0 Å². The molecule has 5 nitrogen and oxygen atoms in total. The summed E-state index contributed by atoms with van der Waals surface area (Å²) in [5.41, 5.74) is 2.74. The zero-order valence-corrected chi connectivity index (χ0v) is 16.8. The first-order valence-corrected chi connectivity index (χ1v) is 10.2. The first-order valence-electron chi connectivity index (χ1n) is 9.79. The van der Waals surface area contributed by atoms with Crippen LogP contribution in [0.3, 0.4) is 0 Å². The lowest BCUT2D eigenvalue weighted by Gasteiger charge is -2.31. The Labute approximate surface area is 169 Å². The van der Waals surface area contributed by atoms with E-state index in [4.69, 9.17) is 16.6 Å². The van der Waals surface area contributed by atoms with Gasteiger partial charge in [0.05, 0.1) is 19.4 Å². The summed E-state index contributed by atoms with van der Waals surface area (Å²) in [5.74, 6) is 0.841. The Morgan fingerprint density at radius 2 is 2.11 bits per heavy atom. The average molecular weight is 396 g/mol. The normalized spacial score (nSPS) is 14.5. The molecule has 0 aliphatic heterocycles. The molecule has 2 N–H and O–H groups in total. The first kappa shape index (κ1) is 18.7. The van der Waals surface area contributed by atoms with E-state index in [0.717, 1.165) is 35.1 Å². The van der Waals surface area contributed by atoms with Crippen LogP contribution in [-0.4, -0.2) is 21.0 Å². The lowest BCUT2D eigenvalue weighted by molar-refractivity contribution is 0.301. The smallest absolute Gasteiger partial charge is 0.253 e.